The van der Waals surface area contributed by atoms with Crippen LogP contribution in [-0.4, -0.2) is 63.2 Å². The van der Waals surface area contributed by atoms with Crippen LogP contribution in [0.25, 0.3) is 0 Å². The highest BCUT2D eigenvalue weighted by Gasteiger charge is 2.65. The van der Waals surface area contributed by atoms with Crippen LogP contribution in [0.4, 0.5) is 0 Å². The van der Waals surface area contributed by atoms with Crippen molar-refractivity contribution in [2.45, 2.75) is 122 Å². The minimum atomic E-state index is -1.01. The number of nitrogens with two attached hydrogens (primary N) is 1. The van der Waals surface area contributed by atoms with E-state index in [4.69, 9.17) is 5.73 Å². The lowest BCUT2D eigenvalue weighted by Crippen LogP contribution is -2.62. The summed E-state index contributed by atoms with van der Waals surface area (Å²) in [6, 6.07) is -0.881. The molecule has 38 heavy (non-hydrogen) atoms. The molecule has 4 saturated carbocycles. The van der Waals surface area contributed by atoms with Gasteiger partial charge in [0.25, 0.3) is 0 Å². The monoisotopic (exact) mass is 536 g/mol. The van der Waals surface area contributed by atoms with E-state index in [1.165, 1.54) is 0 Å². The van der Waals surface area contributed by atoms with Crippen LogP contribution >= 0.6 is 0 Å². The number of fused-ring (bicyclic) bond motifs is 5. The molecule has 12 atom stereocenters. The number of unbranched alkanes of at least 4 members (excludes halogenated alkanes) is 1. The first kappa shape index (κ1) is 29.8. The fraction of sp³-hybridized carbons (Fsp3) is 0.933. The fourth-order valence-corrected chi connectivity index (χ4v) is 9.71. The van der Waals surface area contributed by atoms with Crippen molar-refractivity contribution in [1.29, 1.82) is 0 Å². The SMILES string of the molecule is C[C@H](CCC(=O)NC(CCCCN)C(=O)O)[C@H]1CCC2[C@@H]3[C@H](O)C[C@@H]4CC(O)CC[C@]4(C)[C@H]3C[C@H](O)[C@@]21C. The van der Waals surface area contributed by atoms with Gasteiger partial charge >= 0.3 is 5.97 Å². The van der Waals surface area contributed by atoms with Crippen LogP contribution in [0.15, 0.2) is 0 Å². The van der Waals surface area contributed by atoms with Crippen molar-refractivity contribution < 1.29 is 30.0 Å². The fourth-order valence-electron chi connectivity index (χ4n) is 9.71. The number of carbonyl (C=O) groups is 2. The Morgan fingerprint density at radius 1 is 1.00 bits per heavy atom. The Bertz CT molecular complexity index is 855. The normalized spacial score (nSPS) is 43.9. The van der Waals surface area contributed by atoms with E-state index in [1.54, 1.807) is 0 Å². The highest BCUT2D eigenvalue weighted by molar-refractivity contribution is 5.83. The molecule has 0 aromatic carbocycles. The van der Waals surface area contributed by atoms with E-state index < -0.39 is 24.2 Å². The Labute approximate surface area is 228 Å². The van der Waals surface area contributed by atoms with Gasteiger partial charge in [0.15, 0.2) is 0 Å². The summed E-state index contributed by atoms with van der Waals surface area (Å²) < 4.78 is 0. The van der Waals surface area contributed by atoms with E-state index in [2.05, 4.69) is 26.1 Å². The molecule has 4 fully saturated rings. The largest absolute Gasteiger partial charge is 0.480 e. The Balaban J connectivity index is 1.41. The molecule has 218 valence electrons. The number of amides is 1. The molecule has 4 rings (SSSR count). The summed E-state index contributed by atoms with van der Waals surface area (Å²) in [6.45, 7) is 7.23. The van der Waals surface area contributed by atoms with Gasteiger partial charge in [-0.05, 0) is 124 Å². The van der Waals surface area contributed by atoms with Crippen molar-refractivity contribution in [1.82, 2.24) is 5.32 Å². The molecule has 4 aliphatic carbocycles. The summed E-state index contributed by atoms with van der Waals surface area (Å²) in [7, 11) is 0. The molecule has 3 unspecified atom stereocenters. The third kappa shape index (κ3) is 5.39. The predicted octanol–water partition coefficient (Wildman–Crippen LogP) is 3.06. The van der Waals surface area contributed by atoms with Gasteiger partial charge in [0.05, 0.1) is 18.3 Å². The predicted molar refractivity (Wildman–Crippen MR) is 145 cm³/mol. The molecule has 4 aliphatic rings. The number of carboxylic acids is 1. The third-order valence-electron chi connectivity index (χ3n) is 11.9. The molecule has 0 aromatic rings. The van der Waals surface area contributed by atoms with Crippen molar-refractivity contribution >= 4 is 11.9 Å². The first-order valence-electron chi connectivity index (χ1n) is 15.2. The number of aliphatic hydroxyl groups excluding tert-OH is 3. The minimum Gasteiger partial charge on any atom is -0.480 e. The molecule has 7 N–H and O–H groups in total. The molecule has 0 bridgehead atoms. The molecule has 0 aromatic heterocycles. The smallest absolute Gasteiger partial charge is 0.326 e. The number of hydrogen-bond donors (Lipinski definition) is 6. The van der Waals surface area contributed by atoms with Crippen LogP contribution in [0.5, 0.6) is 0 Å². The second kappa shape index (κ2) is 11.7. The topological polar surface area (TPSA) is 153 Å². The van der Waals surface area contributed by atoms with Gasteiger partial charge in [-0.3, -0.25) is 4.79 Å². The molecule has 8 heteroatoms. The molecule has 1 amide bonds. The second-order valence-electron chi connectivity index (χ2n) is 13.8. The summed E-state index contributed by atoms with van der Waals surface area (Å²) >= 11 is 0. The van der Waals surface area contributed by atoms with Crippen LogP contribution < -0.4 is 11.1 Å². The molecule has 0 saturated heterocycles. The maximum absolute atomic E-state index is 12.7. The van der Waals surface area contributed by atoms with Crippen molar-refractivity contribution in [2.24, 2.45) is 52.1 Å². The van der Waals surface area contributed by atoms with E-state index in [1.807, 2.05) is 0 Å². The second-order valence-corrected chi connectivity index (χ2v) is 13.8. The van der Waals surface area contributed by atoms with Crippen LogP contribution in [-0.2, 0) is 9.59 Å². The van der Waals surface area contributed by atoms with E-state index >= 15 is 0 Å². The molecule has 0 heterocycles. The third-order valence-corrected chi connectivity index (χ3v) is 11.9. The quantitative estimate of drug-likeness (QED) is 0.235. The summed E-state index contributed by atoms with van der Waals surface area (Å²) in [5.74, 6) is 0.202. The number of nitrogens with one attached hydrogen (secondary N) is 1. The number of aliphatic hydroxyl groups is 3. The van der Waals surface area contributed by atoms with Crippen molar-refractivity contribution in [2.75, 3.05) is 6.54 Å². The first-order chi connectivity index (χ1) is 17.9. The maximum Gasteiger partial charge on any atom is 0.326 e. The Hall–Kier alpha value is -1.22. The average Bonchev–Trinajstić information content (AvgIpc) is 3.22. The zero-order valence-electron chi connectivity index (χ0n) is 23.6. The molecule has 0 radical (unpaired) electrons. The first-order valence-corrected chi connectivity index (χ1v) is 15.2. The van der Waals surface area contributed by atoms with Gasteiger partial charge in [-0.2, -0.15) is 0 Å². The van der Waals surface area contributed by atoms with Gasteiger partial charge < -0.3 is 31.5 Å². The minimum absolute atomic E-state index is 0.0536. The highest BCUT2D eigenvalue weighted by Crippen LogP contribution is 2.68. The maximum atomic E-state index is 12.7. The number of carbonyl (C=O) groups excluding carboxylic acids is 1. The van der Waals surface area contributed by atoms with Crippen LogP contribution in [0.1, 0.15) is 97.8 Å². The Morgan fingerprint density at radius 3 is 2.42 bits per heavy atom. The van der Waals surface area contributed by atoms with Gasteiger partial charge in [0.1, 0.15) is 6.04 Å². The number of carboxylic acid groups (broad SMARTS) is 1. The summed E-state index contributed by atoms with van der Waals surface area (Å²) in [5, 5.41) is 45.6. The van der Waals surface area contributed by atoms with Crippen LogP contribution in [0.3, 0.4) is 0 Å². The molecule has 0 spiro atoms. The lowest BCUT2D eigenvalue weighted by Gasteiger charge is -2.63. The van der Waals surface area contributed by atoms with E-state index in [-0.39, 0.29) is 58.9 Å². The van der Waals surface area contributed by atoms with Gasteiger partial charge in [-0.15, -0.1) is 0 Å². The summed E-state index contributed by atoms with van der Waals surface area (Å²) in [5.41, 5.74) is 5.26. The molecule has 8 nitrogen and oxygen atoms in total. The molecule has 0 aliphatic heterocycles. The van der Waals surface area contributed by atoms with Gasteiger partial charge in [-0.25, -0.2) is 4.79 Å². The standard InChI is InChI=1S/C30H52N2O6/c1-17(7-10-26(36)32-23(28(37)38)6-4-5-13-31)20-8-9-21-27-22(16-25(35)30(20,21)3)29(2)12-11-19(33)14-18(29)15-24(27)34/h17-25,27,33-35H,4-16,31H2,1-3H3,(H,32,36)(H,37,38)/t17-,18+,19?,20-,21?,22+,23?,24-,25+,27+,29+,30-/m1/s1. The van der Waals surface area contributed by atoms with E-state index in [0.29, 0.717) is 38.1 Å². The average molecular weight is 537 g/mol. The van der Waals surface area contributed by atoms with Gasteiger partial charge in [-0.1, -0.05) is 20.8 Å². The summed E-state index contributed by atoms with van der Waals surface area (Å²) in [6.07, 6.45) is 7.50. The van der Waals surface area contributed by atoms with Crippen molar-refractivity contribution in [3.05, 3.63) is 0 Å². The van der Waals surface area contributed by atoms with Crippen LogP contribution in [0.2, 0.25) is 0 Å². The number of rotatable bonds is 10. The number of aliphatic carboxylic acids is 1. The lowest BCUT2D eigenvalue weighted by atomic mass is 9.43. The lowest BCUT2D eigenvalue weighted by molar-refractivity contribution is -0.207. The number of hydrogen-bond acceptors (Lipinski definition) is 6. The van der Waals surface area contributed by atoms with Gasteiger partial charge in [0, 0.05) is 6.42 Å². The zero-order valence-corrected chi connectivity index (χ0v) is 23.6. The molecular weight excluding hydrogens is 484 g/mol. The Morgan fingerprint density at radius 2 is 1.74 bits per heavy atom. The van der Waals surface area contributed by atoms with Crippen molar-refractivity contribution in [3.63, 3.8) is 0 Å². The molecular formula is C30H52N2O6. The summed E-state index contributed by atoms with van der Waals surface area (Å²) in [4.78, 5) is 24.2. The Kier molecular flexibility index (Phi) is 9.17. The van der Waals surface area contributed by atoms with Crippen LogP contribution in [0, 0.1) is 46.3 Å². The van der Waals surface area contributed by atoms with Gasteiger partial charge in [0.2, 0.25) is 5.91 Å². The van der Waals surface area contributed by atoms with Crippen molar-refractivity contribution in [3.8, 4) is 0 Å². The zero-order chi connectivity index (χ0) is 27.8. The van der Waals surface area contributed by atoms with E-state index in [0.717, 1.165) is 44.9 Å². The highest BCUT2D eigenvalue weighted by atomic mass is 16.4. The van der Waals surface area contributed by atoms with E-state index in [9.17, 15) is 30.0 Å².